The molecule has 1 heterocycles. The van der Waals surface area contributed by atoms with E-state index in [9.17, 15) is 15.0 Å². The second kappa shape index (κ2) is 8.73. The minimum Gasteiger partial charge on any atom is -0.507 e. The predicted molar refractivity (Wildman–Crippen MR) is 94.4 cm³/mol. The van der Waals surface area contributed by atoms with Crippen molar-refractivity contribution in [3.8, 4) is 11.5 Å². The van der Waals surface area contributed by atoms with Gasteiger partial charge in [-0.05, 0) is 37.7 Å². The van der Waals surface area contributed by atoms with E-state index in [1.165, 1.54) is 0 Å². The maximum Gasteiger partial charge on any atom is 0.342 e. The van der Waals surface area contributed by atoms with Crippen molar-refractivity contribution in [2.75, 3.05) is 13.7 Å². The molecule has 0 aromatic heterocycles. The van der Waals surface area contributed by atoms with Crippen LogP contribution in [0, 0.1) is 0 Å². The lowest BCUT2D eigenvalue weighted by atomic mass is 9.97. The van der Waals surface area contributed by atoms with Crippen molar-refractivity contribution >= 4 is 23.3 Å². The molecule has 1 aliphatic rings. The summed E-state index contributed by atoms with van der Waals surface area (Å²) in [6.45, 7) is 0.224. The minimum atomic E-state index is -0.648. The molecule has 0 atom stereocenters. The smallest absolute Gasteiger partial charge is 0.342 e. The highest BCUT2D eigenvalue weighted by molar-refractivity contribution is 6.33. The van der Waals surface area contributed by atoms with Crippen LogP contribution in [0.25, 0.3) is 0 Å². The van der Waals surface area contributed by atoms with Gasteiger partial charge >= 0.3 is 5.97 Å². The van der Waals surface area contributed by atoms with Crippen molar-refractivity contribution in [1.82, 2.24) is 0 Å². The lowest BCUT2D eigenvalue weighted by molar-refractivity contribution is 0.0507. The fraction of sp³-hybridized carbons (Fsp3) is 0.444. The molecule has 2 N–H and O–H groups in total. The largest absolute Gasteiger partial charge is 0.507 e. The molecule has 5 nitrogen and oxygen atoms in total. The standard InChI is InChI=1S/C18H22ClNO4/c1-20-12-8-6-4-2-3-5-7-9-24-18(23)16-13(10-12)17(19)15(22)11-14(16)21/h3,5,11,21-22H,2,4,6-10H2,1H3/b5-3+,20-12+. The molecule has 24 heavy (non-hydrogen) atoms. The molecule has 0 bridgehead atoms. The summed E-state index contributed by atoms with van der Waals surface area (Å²) in [6.07, 6.45) is 8.74. The fourth-order valence-electron chi connectivity index (χ4n) is 2.68. The van der Waals surface area contributed by atoms with Crippen LogP contribution in [0.1, 0.15) is 48.0 Å². The number of aliphatic imine (C=N–C) groups is 1. The van der Waals surface area contributed by atoms with Gasteiger partial charge in [0.2, 0.25) is 0 Å². The highest BCUT2D eigenvalue weighted by Crippen LogP contribution is 2.37. The van der Waals surface area contributed by atoms with E-state index in [0.717, 1.165) is 37.5 Å². The number of allylic oxidation sites excluding steroid dienone is 1. The molecule has 1 aromatic carbocycles. The predicted octanol–water partition coefficient (Wildman–Crippen LogP) is 4.04. The number of carbonyl (C=O) groups excluding carboxylic acids is 1. The van der Waals surface area contributed by atoms with Gasteiger partial charge in [0.15, 0.2) is 0 Å². The highest BCUT2D eigenvalue weighted by atomic mass is 35.5. The van der Waals surface area contributed by atoms with Crippen LogP contribution in [0.3, 0.4) is 0 Å². The SMILES string of the molecule is C/N=C1\CCCC/C=C/CCOC(=O)c2c(O)cc(O)c(Cl)c2C1. The number of phenols is 2. The summed E-state index contributed by atoms with van der Waals surface area (Å²) < 4.78 is 5.23. The Labute approximate surface area is 146 Å². The number of hydrogen-bond donors (Lipinski definition) is 2. The van der Waals surface area contributed by atoms with Gasteiger partial charge in [-0.1, -0.05) is 23.8 Å². The number of fused-ring (bicyclic) bond motifs is 1. The normalized spacial score (nSPS) is 20.1. The van der Waals surface area contributed by atoms with E-state index in [4.69, 9.17) is 16.3 Å². The number of benzene rings is 1. The van der Waals surface area contributed by atoms with Crippen LogP contribution in [0.2, 0.25) is 5.02 Å². The first kappa shape index (κ1) is 18.3. The minimum absolute atomic E-state index is 0.0000102. The van der Waals surface area contributed by atoms with Crippen molar-refractivity contribution in [3.05, 3.63) is 34.4 Å². The lowest BCUT2D eigenvalue weighted by Crippen LogP contribution is -2.13. The number of esters is 1. The van der Waals surface area contributed by atoms with Gasteiger partial charge in [0, 0.05) is 25.2 Å². The number of hydrogen-bond acceptors (Lipinski definition) is 5. The summed E-state index contributed by atoms with van der Waals surface area (Å²) in [5.74, 6) is -1.25. The van der Waals surface area contributed by atoms with Gasteiger partial charge in [-0.3, -0.25) is 4.99 Å². The van der Waals surface area contributed by atoms with Crippen LogP contribution in [0.5, 0.6) is 11.5 Å². The Bertz CT molecular complexity index is 667. The average molecular weight is 352 g/mol. The summed E-state index contributed by atoms with van der Waals surface area (Å²) >= 11 is 6.19. The Hall–Kier alpha value is -2.01. The molecule has 0 radical (unpaired) electrons. The molecule has 1 aliphatic heterocycles. The number of aromatic hydroxyl groups is 2. The summed E-state index contributed by atoms with van der Waals surface area (Å²) in [5, 5.41) is 20.1. The second-order valence-corrected chi connectivity index (χ2v) is 6.07. The van der Waals surface area contributed by atoms with Gasteiger partial charge in [-0.15, -0.1) is 0 Å². The molecule has 0 aliphatic carbocycles. The Balaban J connectivity index is 2.43. The van der Waals surface area contributed by atoms with Crippen molar-refractivity contribution in [2.45, 2.75) is 38.5 Å². The molecule has 0 saturated carbocycles. The number of rotatable bonds is 0. The maximum absolute atomic E-state index is 12.4. The lowest BCUT2D eigenvalue weighted by Gasteiger charge is -2.15. The molecule has 6 heteroatoms. The zero-order valence-electron chi connectivity index (χ0n) is 13.7. The first-order valence-corrected chi connectivity index (χ1v) is 8.42. The molecular formula is C18H22ClNO4. The zero-order valence-corrected chi connectivity index (χ0v) is 14.5. The third kappa shape index (κ3) is 4.51. The van der Waals surface area contributed by atoms with Crippen LogP contribution >= 0.6 is 11.6 Å². The number of nitrogens with zero attached hydrogens (tertiary/aromatic N) is 1. The maximum atomic E-state index is 12.4. The van der Waals surface area contributed by atoms with Crippen molar-refractivity contribution in [1.29, 1.82) is 0 Å². The third-order valence-electron chi connectivity index (χ3n) is 3.99. The quantitative estimate of drug-likeness (QED) is 0.546. The Morgan fingerprint density at radius 3 is 2.67 bits per heavy atom. The van der Waals surface area contributed by atoms with Gasteiger partial charge in [0.05, 0.1) is 11.6 Å². The van der Waals surface area contributed by atoms with Gasteiger partial charge in [-0.2, -0.15) is 0 Å². The Morgan fingerprint density at radius 1 is 1.17 bits per heavy atom. The van der Waals surface area contributed by atoms with Crippen LogP contribution in [-0.2, 0) is 11.2 Å². The number of carbonyl (C=O) groups is 1. The zero-order chi connectivity index (χ0) is 17.5. The number of cyclic esters (lactones) is 1. The van der Waals surface area contributed by atoms with E-state index < -0.39 is 5.97 Å². The third-order valence-corrected chi connectivity index (χ3v) is 4.41. The van der Waals surface area contributed by atoms with E-state index in [1.807, 2.05) is 6.08 Å². The van der Waals surface area contributed by atoms with Crippen molar-refractivity contribution in [3.63, 3.8) is 0 Å². The molecule has 0 amide bonds. The molecule has 0 spiro atoms. The van der Waals surface area contributed by atoms with E-state index in [-0.39, 0.29) is 35.1 Å². The first-order chi connectivity index (χ1) is 11.5. The summed E-state index contributed by atoms with van der Waals surface area (Å²) in [4.78, 5) is 16.6. The molecule has 2 rings (SSSR count). The van der Waals surface area contributed by atoms with Gasteiger partial charge in [0.25, 0.3) is 0 Å². The van der Waals surface area contributed by atoms with E-state index in [1.54, 1.807) is 7.05 Å². The topological polar surface area (TPSA) is 79.1 Å². The molecule has 1 aromatic rings. The molecule has 0 fully saturated rings. The summed E-state index contributed by atoms with van der Waals surface area (Å²) in [5.41, 5.74) is 1.21. The number of phenolic OH excluding ortho intramolecular Hbond substituents is 2. The van der Waals surface area contributed by atoms with E-state index in [0.29, 0.717) is 12.0 Å². The highest BCUT2D eigenvalue weighted by Gasteiger charge is 2.24. The molecule has 0 saturated heterocycles. The van der Waals surface area contributed by atoms with Crippen LogP contribution in [0.4, 0.5) is 0 Å². The van der Waals surface area contributed by atoms with Gasteiger partial charge in [0.1, 0.15) is 17.1 Å². The van der Waals surface area contributed by atoms with E-state index >= 15 is 0 Å². The van der Waals surface area contributed by atoms with Crippen molar-refractivity contribution in [2.24, 2.45) is 4.99 Å². The molecular weight excluding hydrogens is 330 g/mol. The van der Waals surface area contributed by atoms with Gasteiger partial charge < -0.3 is 14.9 Å². The Kier molecular flexibility index (Phi) is 6.67. The molecule has 130 valence electrons. The number of halogens is 1. The second-order valence-electron chi connectivity index (χ2n) is 5.69. The molecule has 0 unspecified atom stereocenters. The van der Waals surface area contributed by atoms with Crippen molar-refractivity contribution < 1.29 is 19.7 Å². The average Bonchev–Trinajstić information content (AvgIpc) is 2.55. The number of ether oxygens (including phenoxy) is 1. The first-order valence-electron chi connectivity index (χ1n) is 8.04. The fourth-order valence-corrected chi connectivity index (χ4v) is 2.90. The van der Waals surface area contributed by atoms with Crippen LogP contribution in [0.15, 0.2) is 23.2 Å². The summed E-state index contributed by atoms with van der Waals surface area (Å²) in [7, 11) is 1.69. The summed E-state index contributed by atoms with van der Waals surface area (Å²) in [6, 6.07) is 1.06. The Morgan fingerprint density at radius 2 is 1.92 bits per heavy atom. The van der Waals surface area contributed by atoms with Gasteiger partial charge in [-0.25, -0.2) is 4.79 Å². The monoisotopic (exact) mass is 351 g/mol. The van der Waals surface area contributed by atoms with Crippen LogP contribution < -0.4 is 0 Å². The van der Waals surface area contributed by atoms with E-state index in [2.05, 4.69) is 11.1 Å². The van der Waals surface area contributed by atoms with Crippen LogP contribution in [-0.4, -0.2) is 35.5 Å².